The lowest BCUT2D eigenvalue weighted by molar-refractivity contribution is 0.0997. The van der Waals surface area contributed by atoms with Crippen molar-refractivity contribution in [2.45, 2.75) is 6.54 Å². The van der Waals surface area contributed by atoms with E-state index in [0.717, 1.165) is 16.5 Å². The zero-order valence-electron chi connectivity index (χ0n) is 18.7. The summed E-state index contributed by atoms with van der Waals surface area (Å²) in [5.41, 5.74) is 14.6. The van der Waals surface area contributed by atoms with Crippen LogP contribution >= 0.6 is 0 Å². The largest absolute Gasteiger partial charge is 0.481 e. The van der Waals surface area contributed by atoms with E-state index in [-0.39, 0.29) is 18.3 Å². The number of carbonyl (C=O) groups is 2. The minimum atomic E-state index is -0.511. The van der Waals surface area contributed by atoms with Gasteiger partial charge in [-0.1, -0.05) is 36.3 Å². The fourth-order valence-electron chi connectivity index (χ4n) is 3.72. The number of amidine groups is 1. The molecule has 35 heavy (non-hydrogen) atoms. The third-order valence-electron chi connectivity index (χ3n) is 5.44. The van der Waals surface area contributed by atoms with Crippen molar-refractivity contribution in [1.29, 1.82) is 5.41 Å². The fourth-order valence-corrected chi connectivity index (χ4v) is 3.72. The number of rotatable bonds is 8. The van der Waals surface area contributed by atoms with Crippen molar-refractivity contribution in [3.63, 3.8) is 0 Å². The van der Waals surface area contributed by atoms with Gasteiger partial charge in [-0.3, -0.25) is 15.0 Å². The quantitative estimate of drug-likeness (QED) is 0.180. The maximum absolute atomic E-state index is 13.3. The maximum Gasteiger partial charge on any atom is 0.272 e. The lowest BCUT2D eigenvalue weighted by Crippen LogP contribution is -2.18. The highest BCUT2D eigenvalue weighted by Gasteiger charge is 2.17. The zero-order chi connectivity index (χ0) is 24.9. The highest BCUT2D eigenvalue weighted by atomic mass is 16.5. The number of amides is 2. The predicted octanol–water partition coefficient (Wildman–Crippen LogP) is 3.34. The molecule has 8 nitrogen and oxygen atoms in total. The number of nitrogens with two attached hydrogens (primary N) is 2. The van der Waals surface area contributed by atoms with Crippen LogP contribution in [-0.4, -0.2) is 28.8 Å². The molecule has 0 atom stereocenters. The molecule has 0 aliphatic rings. The molecule has 1 aromatic heterocycles. The second-order valence-electron chi connectivity index (χ2n) is 7.84. The molecule has 1 heterocycles. The normalized spacial score (nSPS) is 10.5. The second kappa shape index (κ2) is 9.85. The first-order chi connectivity index (χ1) is 16.9. The molecule has 0 saturated heterocycles. The van der Waals surface area contributed by atoms with Crippen LogP contribution in [0.15, 0.2) is 72.8 Å². The fraction of sp³-hybridized carbons (Fsp3) is 0.0741. The van der Waals surface area contributed by atoms with E-state index in [1.54, 1.807) is 66.7 Å². The van der Waals surface area contributed by atoms with Gasteiger partial charge in [-0.15, -0.1) is 6.42 Å². The Morgan fingerprint density at radius 3 is 2.43 bits per heavy atom. The number of fused-ring (bicyclic) bond motifs is 1. The Hall–Kier alpha value is -5.03. The van der Waals surface area contributed by atoms with Crippen LogP contribution in [0.2, 0.25) is 0 Å². The summed E-state index contributed by atoms with van der Waals surface area (Å²) in [6, 6.07) is 20.9. The predicted molar refractivity (Wildman–Crippen MR) is 136 cm³/mol. The van der Waals surface area contributed by atoms with Crippen molar-refractivity contribution in [2.75, 3.05) is 11.9 Å². The summed E-state index contributed by atoms with van der Waals surface area (Å²) in [6.07, 6.45) is 5.25. The molecule has 6 N–H and O–H groups in total. The number of carbonyl (C=O) groups excluding carboxylic acids is 2. The van der Waals surface area contributed by atoms with Crippen LogP contribution in [0.4, 0.5) is 5.69 Å². The zero-order valence-corrected chi connectivity index (χ0v) is 18.7. The van der Waals surface area contributed by atoms with Gasteiger partial charge in [0.25, 0.3) is 5.91 Å². The molecule has 4 aromatic rings. The van der Waals surface area contributed by atoms with Gasteiger partial charge < -0.3 is 26.1 Å². The average molecular weight is 466 g/mol. The summed E-state index contributed by atoms with van der Waals surface area (Å²) in [6.45, 7) is 0.469. The Morgan fingerprint density at radius 2 is 1.74 bits per heavy atom. The Bertz CT molecular complexity index is 1480. The minimum Gasteiger partial charge on any atom is -0.481 e. The van der Waals surface area contributed by atoms with Gasteiger partial charge in [0, 0.05) is 40.3 Å². The van der Waals surface area contributed by atoms with Crippen molar-refractivity contribution >= 4 is 34.2 Å². The molecule has 0 spiro atoms. The second-order valence-corrected chi connectivity index (χ2v) is 7.84. The van der Waals surface area contributed by atoms with Gasteiger partial charge in [-0.25, -0.2) is 0 Å². The van der Waals surface area contributed by atoms with Gasteiger partial charge in [0.1, 0.15) is 23.9 Å². The van der Waals surface area contributed by atoms with Crippen LogP contribution in [0.1, 0.15) is 32.0 Å². The van der Waals surface area contributed by atoms with E-state index in [4.69, 9.17) is 28.0 Å². The molecule has 8 heteroatoms. The standard InChI is InChI=1S/C27H23N5O3/c1-2-12-35-22-5-3-4-21(15-22)31-27(34)24-13-19-10-11-20(25(28)29)14-23(19)32(24)16-17-6-8-18(9-7-17)26(30)33/h1,3-11,13-15H,12,16H2,(H3,28,29)(H2,30,33)(H,31,34). The van der Waals surface area contributed by atoms with Crippen LogP contribution < -0.4 is 21.5 Å². The summed E-state index contributed by atoms with van der Waals surface area (Å²) in [5.74, 6) is 2.04. The molecule has 3 aromatic carbocycles. The number of hydrogen-bond acceptors (Lipinski definition) is 4. The Kier molecular flexibility index (Phi) is 6.51. The molecule has 0 unspecified atom stereocenters. The smallest absolute Gasteiger partial charge is 0.272 e. The Balaban J connectivity index is 1.72. The highest BCUT2D eigenvalue weighted by Crippen LogP contribution is 2.25. The number of nitrogen functional groups attached to an aromatic ring is 1. The van der Waals surface area contributed by atoms with E-state index < -0.39 is 5.91 Å². The molecule has 0 radical (unpaired) electrons. The van der Waals surface area contributed by atoms with E-state index in [1.165, 1.54) is 0 Å². The van der Waals surface area contributed by atoms with E-state index in [0.29, 0.717) is 34.8 Å². The van der Waals surface area contributed by atoms with Crippen molar-refractivity contribution in [1.82, 2.24) is 4.57 Å². The van der Waals surface area contributed by atoms with Gasteiger partial charge >= 0.3 is 0 Å². The van der Waals surface area contributed by atoms with Crippen molar-refractivity contribution in [3.05, 3.63) is 95.2 Å². The SMILES string of the molecule is C#CCOc1cccc(NC(=O)c2cc3ccc(C(=N)N)cc3n2Cc2ccc(C(N)=O)cc2)c1. The van der Waals surface area contributed by atoms with E-state index in [9.17, 15) is 9.59 Å². The molecular formula is C27H23N5O3. The number of aromatic nitrogens is 1. The molecule has 174 valence electrons. The van der Waals surface area contributed by atoms with Gasteiger partial charge in [0.15, 0.2) is 0 Å². The molecule has 0 aliphatic carbocycles. The first kappa shape index (κ1) is 23.1. The van der Waals surface area contributed by atoms with Crippen molar-refractivity contribution in [2.24, 2.45) is 11.5 Å². The number of primary amides is 1. The third-order valence-corrected chi connectivity index (χ3v) is 5.44. The van der Waals surface area contributed by atoms with Crippen LogP contribution in [-0.2, 0) is 6.54 Å². The van der Waals surface area contributed by atoms with E-state index in [2.05, 4.69) is 11.2 Å². The summed E-state index contributed by atoms with van der Waals surface area (Å²) >= 11 is 0. The lowest BCUT2D eigenvalue weighted by atomic mass is 10.1. The van der Waals surface area contributed by atoms with Gasteiger partial charge in [0.2, 0.25) is 5.91 Å². The number of anilines is 1. The van der Waals surface area contributed by atoms with Gasteiger partial charge in [0.05, 0.1) is 0 Å². The number of nitrogens with one attached hydrogen (secondary N) is 2. The van der Waals surface area contributed by atoms with Gasteiger partial charge in [-0.05, 0) is 42.0 Å². The lowest BCUT2D eigenvalue weighted by Gasteiger charge is -2.13. The Morgan fingerprint density at radius 1 is 1.00 bits per heavy atom. The number of hydrogen-bond donors (Lipinski definition) is 4. The maximum atomic E-state index is 13.3. The summed E-state index contributed by atoms with van der Waals surface area (Å²) < 4.78 is 7.28. The summed E-state index contributed by atoms with van der Waals surface area (Å²) in [5, 5.41) is 11.5. The number of terminal acetylenes is 1. The molecule has 0 fully saturated rings. The molecular weight excluding hydrogens is 442 g/mol. The average Bonchev–Trinajstić information content (AvgIpc) is 3.21. The Labute approximate surface area is 202 Å². The number of benzene rings is 3. The third kappa shape index (κ3) is 5.15. The first-order valence-corrected chi connectivity index (χ1v) is 10.7. The van der Waals surface area contributed by atoms with Crippen LogP contribution in [0.3, 0.4) is 0 Å². The van der Waals surface area contributed by atoms with Crippen LogP contribution in [0.5, 0.6) is 5.75 Å². The molecule has 4 rings (SSSR count). The van der Waals surface area contributed by atoms with Gasteiger partial charge in [-0.2, -0.15) is 0 Å². The highest BCUT2D eigenvalue weighted by molar-refractivity contribution is 6.07. The number of ether oxygens (including phenoxy) is 1. The summed E-state index contributed by atoms with van der Waals surface area (Å²) in [7, 11) is 0. The van der Waals surface area contributed by atoms with E-state index in [1.807, 2.05) is 10.6 Å². The summed E-state index contributed by atoms with van der Waals surface area (Å²) in [4.78, 5) is 24.8. The topological polar surface area (TPSA) is 136 Å². The molecule has 0 saturated carbocycles. The van der Waals surface area contributed by atoms with Crippen molar-refractivity contribution < 1.29 is 14.3 Å². The molecule has 0 aliphatic heterocycles. The van der Waals surface area contributed by atoms with Crippen LogP contribution in [0.25, 0.3) is 10.9 Å². The molecule has 2 amide bonds. The monoisotopic (exact) mass is 465 g/mol. The first-order valence-electron chi connectivity index (χ1n) is 10.7. The van der Waals surface area contributed by atoms with Crippen LogP contribution in [0, 0.1) is 17.8 Å². The van der Waals surface area contributed by atoms with Crippen molar-refractivity contribution in [3.8, 4) is 18.1 Å². The molecule has 0 bridgehead atoms. The van der Waals surface area contributed by atoms with E-state index >= 15 is 0 Å². The minimum absolute atomic E-state index is 0.0692. The number of nitrogens with zero attached hydrogens (tertiary/aromatic N) is 1.